The number of carbonyl (C=O) groups excluding carboxylic acids is 1. The molecule has 1 aliphatic rings. The molecule has 1 aromatic heterocycles. The Kier molecular flexibility index (Phi) is 4.50. The summed E-state index contributed by atoms with van der Waals surface area (Å²) in [6, 6.07) is 17.8. The van der Waals surface area contributed by atoms with Crippen LogP contribution in [-0.4, -0.2) is 17.9 Å². The van der Waals surface area contributed by atoms with Crippen LogP contribution < -0.4 is 15.5 Å². The number of aryl methyl sites for hydroxylation is 1. The van der Waals surface area contributed by atoms with E-state index in [4.69, 9.17) is 0 Å². The number of hydrogen-bond donors (Lipinski definition) is 2. The summed E-state index contributed by atoms with van der Waals surface area (Å²) in [5.74, 6) is 0.0332. The van der Waals surface area contributed by atoms with Crippen molar-refractivity contribution in [3.63, 3.8) is 0 Å². The van der Waals surface area contributed by atoms with Gasteiger partial charge < -0.3 is 15.5 Å². The van der Waals surface area contributed by atoms with Crippen molar-refractivity contribution < 1.29 is 4.79 Å². The van der Waals surface area contributed by atoms with Gasteiger partial charge >= 0.3 is 0 Å². The molecule has 0 radical (unpaired) electrons. The number of anilines is 4. The van der Waals surface area contributed by atoms with Gasteiger partial charge in [0.1, 0.15) is 0 Å². The molecule has 1 amide bonds. The molecule has 0 spiro atoms. The van der Waals surface area contributed by atoms with E-state index in [1.807, 2.05) is 66.5 Å². The van der Waals surface area contributed by atoms with E-state index in [0.29, 0.717) is 6.54 Å². The van der Waals surface area contributed by atoms with Gasteiger partial charge in [-0.2, -0.15) is 0 Å². The molecule has 136 valence electrons. The van der Waals surface area contributed by atoms with Crippen LogP contribution in [-0.2, 0) is 13.0 Å². The second-order valence-corrected chi connectivity index (χ2v) is 6.58. The van der Waals surface area contributed by atoms with E-state index in [0.717, 1.165) is 46.0 Å². The Bertz CT molecular complexity index is 999. The predicted molar refractivity (Wildman–Crippen MR) is 110 cm³/mol. The molecule has 0 unspecified atom stereocenters. The first-order valence-corrected chi connectivity index (χ1v) is 9.12. The van der Waals surface area contributed by atoms with Crippen molar-refractivity contribution in [2.45, 2.75) is 19.9 Å². The Morgan fingerprint density at radius 1 is 1.04 bits per heavy atom. The maximum absolute atomic E-state index is 13.0. The lowest BCUT2D eigenvalue weighted by atomic mass is 10.1. The van der Waals surface area contributed by atoms with Crippen molar-refractivity contribution in [1.29, 1.82) is 0 Å². The minimum Gasteiger partial charge on any atom is -0.388 e. The molecule has 1 aliphatic heterocycles. The van der Waals surface area contributed by atoms with Gasteiger partial charge in [0, 0.05) is 47.3 Å². The zero-order valence-electron chi connectivity index (χ0n) is 15.5. The standard InChI is InChI=1S/C22H22N4O/c1-3-16-11-19(9-10-24-16)25-18-8-7-15-14-26(22(27)21(15)13-18)20-6-4-5-17(12-20)23-2/h4-13,23H,3,14H2,1-2H3,(H,24,25). The van der Waals surface area contributed by atoms with E-state index in [-0.39, 0.29) is 5.91 Å². The van der Waals surface area contributed by atoms with Gasteiger partial charge in [0.2, 0.25) is 0 Å². The molecule has 5 nitrogen and oxygen atoms in total. The number of rotatable bonds is 5. The molecule has 27 heavy (non-hydrogen) atoms. The summed E-state index contributed by atoms with van der Waals surface area (Å²) in [4.78, 5) is 19.1. The number of pyridine rings is 1. The van der Waals surface area contributed by atoms with Crippen LogP contribution in [0.1, 0.15) is 28.5 Å². The number of benzene rings is 2. The average molecular weight is 358 g/mol. The summed E-state index contributed by atoms with van der Waals surface area (Å²) in [6.07, 6.45) is 2.69. The van der Waals surface area contributed by atoms with Crippen molar-refractivity contribution in [3.05, 3.63) is 77.6 Å². The van der Waals surface area contributed by atoms with Crippen LogP contribution in [0.2, 0.25) is 0 Å². The highest BCUT2D eigenvalue weighted by Crippen LogP contribution is 2.32. The van der Waals surface area contributed by atoms with E-state index in [1.165, 1.54) is 0 Å². The van der Waals surface area contributed by atoms with Crippen LogP contribution in [0.15, 0.2) is 60.8 Å². The van der Waals surface area contributed by atoms with Crippen LogP contribution in [0.5, 0.6) is 0 Å². The van der Waals surface area contributed by atoms with Gasteiger partial charge in [-0.05, 0) is 54.4 Å². The van der Waals surface area contributed by atoms with Crippen molar-refractivity contribution in [2.75, 3.05) is 22.6 Å². The number of fused-ring (bicyclic) bond motifs is 1. The summed E-state index contributed by atoms with van der Waals surface area (Å²) >= 11 is 0. The topological polar surface area (TPSA) is 57.3 Å². The number of carbonyl (C=O) groups is 1. The quantitative estimate of drug-likeness (QED) is 0.700. The molecule has 0 saturated carbocycles. The molecule has 0 saturated heterocycles. The number of nitrogens with one attached hydrogen (secondary N) is 2. The van der Waals surface area contributed by atoms with Crippen molar-refractivity contribution >= 4 is 28.7 Å². The van der Waals surface area contributed by atoms with E-state index in [1.54, 1.807) is 6.20 Å². The molecule has 2 heterocycles. The van der Waals surface area contributed by atoms with Crippen LogP contribution >= 0.6 is 0 Å². The Morgan fingerprint density at radius 2 is 1.89 bits per heavy atom. The summed E-state index contributed by atoms with van der Waals surface area (Å²) in [5, 5.41) is 6.50. The van der Waals surface area contributed by atoms with Gasteiger partial charge in [0.05, 0.1) is 6.54 Å². The first-order chi connectivity index (χ1) is 13.2. The zero-order valence-corrected chi connectivity index (χ0v) is 15.5. The van der Waals surface area contributed by atoms with E-state index >= 15 is 0 Å². The lowest BCUT2D eigenvalue weighted by Crippen LogP contribution is -2.22. The smallest absolute Gasteiger partial charge is 0.259 e. The molecule has 3 aromatic rings. The Hall–Kier alpha value is -3.34. The number of nitrogens with zero attached hydrogens (tertiary/aromatic N) is 2. The van der Waals surface area contributed by atoms with E-state index < -0.39 is 0 Å². The highest BCUT2D eigenvalue weighted by atomic mass is 16.2. The molecule has 0 fully saturated rings. The van der Waals surface area contributed by atoms with Gasteiger partial charge in [-0.15, -0.1) is 0 Å². The molecular weight excluding hydrogens is 336 g/mol. The maximum Gasteiger partial charge on any atom is 0.259 e. The lowest BCUT2D eigenvalue weighted by molar-refractivity contribution is 0.0996. The highest BCUT2D eigenvalue weighted by molar-refractivity contribution is 6.10. The summed E-state index contributed by atoms with van der Waals surface area (Å²) in [5.41, 5.74) is 6.60. The molecule has 0 atom stereocenters. The molecule has 0 aliphatic carbocycles. The van der Waals surface area contributed by atoms with Gasteiger partial charge in [0.25, 0.3) is 5.91 Å². The summed E-state index contributed by atoms with van der Waals surface area (Å²) in [6.45, 7) is 2.68. The second kappa shape index (κ2) is 7.11. The number of aromatic nitrogens is 1. The first-order valence-electron chi connectivity index (χ1n) is 9.12. The van der Waals surface area contributed by atoms with Crippen LogP contribution in [0.25, 0.3) is 0 Å². The number of amides is 1. The fourth-order valence-electron chi connectivity index (χ4n) is 3.33. The normalized spacial score (nSPS) is 12.8. The highest BCUT2D eigenvalue weighted by Gasteiger charge is 2.28. The predicted octanol–water partition coefficient (Wildman–Crippen LogP) is 4.59. The van der Waals surface area contributed by atoms with Gasteiger partial charge in [-0.1, -0.05) is 19.1 Å². The van der Waals surface area contributed by atoms with Crippen molar-refractivity contribution in [3.8, 4) is 0 Å². The zero-order chi connectivity index (χ0) is 18.8. The van der Waals surface area contributed by atoms with Gasteiger partial charge in [-0.3, -0.25) is 9.78 Å². The Balaban J connectivity index is 1.59. The van der Waals surface area contributed by atoms with Crippen LogP contribution in [0.3, 0.4) is 0 Å². The van der Waals surface area contributed by atoms with Gasteiger partial charge in [-0.25, -0.2) is 0 Å². The fraction of sp³-hybridized carbons (Fsp3) is 0.182. The fourth-order valence-corrected chi connectivity index (χ4v) is 3.33. The van der Waals surface area contributed by atoms with Crippen LogP contribution in [0.4, 0.5) is 22.7 Å². The minimum absolute atomic E-state index is 0.0332. The molecule has 2 aromatic carbocycles. The minimum atomic E-state index is 0.0332. The van der Waals surface area contributed by atoms with E-state index in [2.05, 4.69) is 22.5 Å². The van der Waals surface area contributed by atoms with Gasteiger partial charge in [0.15, 0.2) is 0 Å². The number of hydrogen-bond acceptors (Lipinski definition) is 4. The third-order valence-corrected chi connectivity index (χ3v) is 4.83. The third kappa shape index (κ3) is 3.36. The van der Waals surface area contributed by atoms with Crippen molar-refractivity contribution in [2.24, 2.45) is 0 Å². The Labute approximate surface area is 159 Å². The van der Waals surface area contributed by atoms with Crippen LogP contribution in [0, 0.1) is 0 Å². The largest absolute Gasteiger partial charge is 0.388 e. The van der Waals surface area contributed by atoms with E-state index in [9.17, 15) is 4.79 Å². The lowest BCUT2D eigenvalue weighted by Gasteiger charge is -2.16. The third-order valence-electron chi connectivity index (χ3n) is 4.83. The average Bonchev–Trinajstić information content (AvgIpc) is 3.04. The molecule has 0 bridgehead atoms. The molecule has 5 heteroatoms. The molecule has 2 N–H and O–H groups in total. The monoisotopic (exact) mass is 358 g/mol. The second-order valence-electron chi connectivity index (χ2n) is 6.58. The SMILES string of the molecule is CCc1cc(Nc2ccc3c(c2)C(=O)N(c2cccc(NC)c2)C3)ccn1. The first kappa shape index (κ1) is 17.1. The Morgan fingerprint density at radius 3 is 2.70 bits per heavy atom. The molecular formula is C22H22N4O. The summed E-state index contributed by atoms with van der Waals surface area (Å²) in [7, 11) is 1.88. The molecule has 4 rings (SSSR count). The van der Waals surface area contributed by atoms with Crippen molar-refractivity contribution in [1.82, 2.24) is 4.98 Å². The summed E-state index contributed by atoms with van der Waals surface area (Å²) < 4.78 is 0. The maximum atomic E-state index is 13.0.